The number of nitrogens with zero attached hydrogens (tertiary/aromatic N) is 4. The number of unbranched alkanes of at least 4 members (excludes halogenated alkanes) is 1. The monoisotopic (exact) mass is 574 g/mol. The van der Waals surface area contributed by atoms with Crippen molar-refractivity contribution in [3.8, 4) is 16.9 Å². The third kappa shape index (κ3) is 5.14. The molecular formula is C34H30N4O5. The summed E-state index contributed by atoms with van der Waals surface area (Å²) in [6, 6.07) is 23.6. The Labute approximate surface area is 248 Å². The first-order valence-corrected chi connectivity index (χ1v) is 14.4. The number of fused-ring (bicyclic) bond motifs is 2. The van der Waals surface area contributed by atoms with Gasteiger partial charge in [-0.05, 0) is 48.2 Å². The molecule has 0 saturated carbocycles. The molecule has 216 valence electrons. The van der Waals surface area contributed by atoms with Crippen LogP contribution in [0.5, 0.6) is 5.75 Å². The Hall–Kier alpha value is -5.31. The number of amides is 2. The van der Waals surface area contributed by atoms with Gasteiger partial charge in [0.2, 0.25) is 0 Å². The van der Waals surface area contributed by atoms with Gasteiger partial charge in [-0.25, -0.2) is 19.7 Å². The molecule has 1 N–H and O–H groups in total. The molecule has 0 bridgehead atoms. The van der Waals surface area contributed by atoms with Gasteiger partial charge >= 0.3 is 6.16 Å². The molecule has 3 aromatic carbocycles. The average Bonchev–Trinajstić information content (AvgIpc) is 3.48. The van der Waals surface area contributed by atoms with Crippen LogP contribution in [0.3, 0.4) is 0 Å². The van der Waals surface area contributed by atoms with Crippen LogP contribution in [0.25, 0.3) is 22.3 Å². The van der Waals surface area contributed by atoms with Crippen molar-refractivity contribution in [2.45, 2.75) is 46.1 Å². The summed E-state index contributed by atoms with van der Waals surface area (Å²) < 4.78 is 7.08. The zero-order valence-electron chi connectivity index (χ0n) is 23.9. The highest BCUT2D eigenvalue weighted by Gasteiger charge is 2.38. The average molecular weight is 575 g/mol. The molecule has 0 saturated heterocycles. The number of rotatable bonds is 9. The fraction of sp³-hybridized carbons (Fsp3) is 0.206. The summed E-state index contributed by atoms with van der Waals surface area (Å²) in [5, 5.41) is 9.12. The summed E-state index contributed by atoms with van der Waals surface area (Å²) in [6.07, 6.45) is 1.88. The zero-order chi connectivity index (χ0) is 30.1. The van der Waals surface area contributed by atoms with Crippen LogP contribution in [-0.2, 0) is 19.4 Å². The molecule has 2 aromatic heterocycles. The number of hydrogen-bond acceptors (Lipinski definition) is 6. The zero-order valence-corrected chi connectivity index (χ0v) is 23.9. The fourth-order valence-electron chi connectivity index (χ4n) is 5.55. The van der Waals surface area contributed by atoms with Crippen molar-refractivity contribution < 1.29 is 24.2 Å². The first-order chi connectivity index (χ1) is 20.9. The lowest BCUT2D eigenvalue weighted by atomic mass is 10.0. The van der Waals surface area contributed by atoms with Gasteiger partial charge < -0.3 is 14.4 Å². The fourth-order valence-corrected chi connectivity index (χ4v) is 5.55. The molecule has 2 amide bonds. The SMILES string of the molecule is CCCCc1nc2nc(CC)c(N3C(=O)c4ccccc4C3=O)cc2n1Cc1ccc(-c2ccccc2OC(=O)O)cc1. The summed E-state index contributed by atoms with van der Waals surface area (Å²) in [7, 11) is 0. The van der Waals surface area contributed by atoms with Gasteiger partial charge in [-0.15, -0.1) is 0 Å². The van der Waals surface area contributed by atoms with Crippen LogP contribution >= 0.6 is 0 Å². The number of carbonyl (C=O) groups is 3. The van der Waals surface area contributed by atoms with E-state index in [0.717, 1.165) is 41.7 Å². The molecule has 9 nitrogen and oxygen atoms in total. The smallest absolute Gasteiger partial charge is 0.449 e. The molecule has 6 rings (SSSR count). The van der Waals surface area contributed by atoms with Gasteiger partial charge in [0.05, 0.1) is 28.0 Å². The second-order valence-electron chi connectivity index (χ2n) is 10.4. The van der Waals surface area contributed by atoms with Crippen LogP contribution in [0.15, 0.2) is 78.9 Å². The van der Waals surface area contributed by atoms with Crippen molar-refractivity contribution >= 4 is 34.8 Å². The molecule has 1 aliphatic rings. The predicted octanol–water partition coefficient (Wildman–Crippen LogP) is 6.91. The standard InChI is InChI=1S/C34H30N4O5/c1-3-5-14-30-36-31-28(19-27(26(4-2)35-31)38-32(39)24-11-6-7-12-25(24)33(38)40)37(30)20-21-15-17-22(18-16-21)23-10-8-9-13-29(23)43-34(41)42/h6-13,15-19H,3-5,14,20H2,1-2H3,(H,41,42). The second-order valence-corrected chi connectivity index (χ2v) is 10.4. The second kappa shape index (κ2) is 11.5. The highest BCUT2D eigenvalue weighted by molar-refractivity contribution is 6.34. The van der Waals surface area contributed by atoms with Crippen LogP contribution in [0.1, 0.15) is 64.5 Å². The number of imide groups is 1. The van der Waals surface area contributed by atoms with Crippen molar-refractivity contribution in [1.29, 1.82) is 0 Å². The number of aromatic nitrogens is 3. The molecule has 43 heavy (non-hydrogen) atoms. The van der Waals surface area contributed by atoms with E-state index in [0.29, 0.717) is 46.7 Å². The molecule has 0 atom stereocenters. The molecule has 0 radical (unpaired) electrons. The number of para-hydroxylation sites is 1. The maximum Gasteiger partial charge on any atom is 0.511 e. The van der Waals surface area contributed by atoms with Crippen LogP contribution < -0.4 is 9.64 Å². The lowest BCUT2D eigenvalue weighted by molar-refractivity contribution is 0.0925. The Kier molecular flexibility index (Phi) is 7.46. The molecule has 0 aliphatic carbocycles. The lowest BCUT2D eigenvalue weighted by Crippen LogP contribution is -2.30. The summed E-state index contributed by atoms with van der Waals surface area (Å²) >= 11 is 0. The molecule has 5 aromatic rings. The largest absolute Gasteiger partial charge is 0.511 e. The van der Waals surface area contributed by atoms with Crippen molar-refractivity contribution in [1.82, 2.24) is 14.5 Å². The third-order valence-corrected chi connectivity index (χ3v) is 7.69. The van der Waals surface area contributed by atoms with Crippen molar-refractivity contribution in [2.75, 3.05) is 4.90 Å². The van der Waals surface area contributed by atoms with Crippen LogP contribution in [0.4, 0.5) is 10.5 Å². The number of imidazole rings is 1. The highest BCUT2D eigenvalue weighted by atomic mass is 16.7. The first kappa shape index (κ1) is 27.8. The van der Waals surface area contributed by atoms with E-state index >= 15 is 0 Å². The quantitative estimate of drug-likeness (QED) is 0.116. The molecular weight excluding hydrogens is 544 g/mol. The summed E-state index contributed by atoms with van der Waals surface area (Å²) in [4.78, 5) is 48.9. The van der Waals surface area contributed by atoms with E-state index in [2.05, 4.69) is 11.5 Å². The minimum Gasteiger partial charge on any atom is -0.449 e. The minimum atomic E-state index is -1.36. The van der Waals surface area contributed by atoms with Crippen molar-refractivity contribution in [2.24, 2.45) is 0 Å². The third-order valence-electron chi connectivity index (χ3n) is 7.69. The topological polar surface area (TPSA) is 115 Å². The van der Waals surface area contributed by atoms with Crippen molar-refractivity contribution in [3.05, 3.63) is 107 Å². The number of aryl methyl sites for hydroxylation is 2. The van der Waals surface area contributed by atoms with Gasteiger partial charge in [0.1, 0.15) is 11.6 Å². The van der Waals surface area contributed by atoms with Gasteiger partial charge in [-0.2, -0.15) is 0 Å². The number of carboxylic acid groups (broad SMARTS) is 1. The molecule has 3 heterocycles. The van der Waals surface area contributed by atoms with E-state index < -0.39 is 6.16 Å². The van der Waals surface area contributed by atoms with Gasteiger partial charge in [-0.3, -0.25) is 9.59 Å². The van der Waals surface area contributed by atoms with Gasteiger partial charge in [0.25, 0.3) is 11.8 Å². The number of anilines is 1. The number of pyridine rings is 1. The van der Waals surface area contributed by atoms with E-state index in [9.17, 15) is 14.4 Å². The Morgan fingerprint density at radius 2 is 1.51 bits per heavy atom. The number of benzene rings is 3. The van der Waals surface area contributed by atoms with E-state index in [-0.39, 0.29) is 17.6 Å². The van der Waals surface area contributed by atoms with E-state index in [1.165, 1.54) is 4.90 Å². The molecule has 0 fully saturated rings. The van der Waals surface area contributed by atoms with Gasteiger partial charge in [0, 0.05) is 18.5 Å². The Morgan fingerprint density at radius 1 is 0.860 bits per heavy atom. The number of ether oxygens (including phenoxy) is 1. The Balaban J connectivity index is 1.40. The number of carbonyl (C=O) groups excluding carboxylic acids is 2. The molecule has 1 aliphatic heterocycles. The Bertz CT molecular complexity index is 1840. The summed E-state index contributed by atoms with van der Waals surface area (Å²) in [6.45, 7) is 4.58. The Morgan fingerprint density at radius 3 is 2.14 bits per heavy atom. The summed E-state index contributed by atoms with van der Waals surface area (Å²) in [5.74, 6) is 0.451. The maximum atomic E-state index is 13.4. The van der Waals surface area contributed by atoms with Crippen LogP contribution in [-0.4, -0.2) is 37.6 Å². The predicted molar refractivity (Wildman–Crippen MR) is 163 cm³/mol. The lowest BCUT2D eigenvalue weighted by Gasteiger charge is -2.18. The van der Waals surface area contributed by atoms with Crippen LogP contribution in [0.2, 0.25) is 0 Å². The van der Waals surface area contributed by atoms with E-state index in [4.69, 9.17) is 19.8 Å². The highest BCUT2D eigenvalue weighted by Crippen LogP contribution is 2.34. The molecule has 9 heteroatoms. The maximum absolute atomic E-state index is 13.4. The number of hydrogen-bond donors (Lipinski definition) is 1. The van der Waals surface area contributed by atoms with E-state index in [1.807, 2.05) is 49.4 Å². The molecule has 0 spiro atoms. The normalized spacial score (nSPS) is 12.7. The van der Waals surface area contributed by atoms with Gasteiger partial charge in [-0.1, -0.05) is 74.9 Å². The van der Waals surface area contributed by atoms with Gasteiger partial charge in [0.15, 0.2) is 5.65 Å². The molecule has 0 unspecified atom stereocenters. The van der Waals surface area contributed by atoms with Crippen molar-refractivity contribution in [3.63, 3.8) is 0 Å². The minimum absolute atomic E-state index is 0.267. The first-order valence-electron chi connectivity index (χ1n) is 14.4. The summed E-state index contributed by atoms with van der Waals surface area (Å²) in [5.41, 5.74) is 5.73. The van der Waals surface area contributed by atoms with E-state index in [1.54, 1.807) is 36.4 Å². The van der Waals surface area contributed by atoms with Crippen LogP contribution in [0, 0.1) is 0 Å².